The molecule has 1 amide bonds. The molecule has 1 fully saturated rings. The van der Waals surface area contributed by atoms with Gasteiger partial charge in [0.25, 0.3) is 0 Å². The molecule has 2 atom stereocenters. The Morgan fingerprint density at radius 3 is 2.75 bits per heavy atom. The van der Waals surface area contributed by atoms with Gasteiger partial charge in [0, 0.05) is 16.6 Å². The minimum absolute atomic E-state index is 0.0406. The first-order valence-corrected chi connectivity index (χ1v) is 8.09. The molecular formula is C16H23BrN2O. The van der Waals surface area contributed by atoms with E-state index in [1.165, 1.54) is 5.56 Å². The van der Waals surface area contributed by atoms with Crippen LogP contribution in [0.5, 0.6) is 0 Å². The van der Waals surface area contributed by atoms with E-state index in [4.69, 9.17) is 5.73 Å². The van der Waals surface area contributed by atoms with Crippen LogP contribution in [0.4, 0.5) is 0 Å². The Morgan fingerprint density at radius 2 is 2.10 bits per heavy atom. The van der Waals surface area contributed by atoms with Gasteiger partial charge in [-0.25, -0.2) is 0 Å². The van der Waals surface area contributed by atoms with Crippen molar-refractivity contribution in [1.29, 1.82) is 0 Å². The topological polar surface area (TPSA) is 55.1 Å². The normalized spacial score (nSPS) is 26.2. The molecule has 3 N–H and O–H groups in total. The fourth-order valence-corrected chi connectivity index (χ4v) is 3.16. The Bertz CT molecular complexity index is 456. The molecule has 0 aromatic heterocycles. The van der Waals surface area contributed by atoms with Crippen molar-refractivity contribution in [3.63, 3.8) is 0 Å². The first-order valence-electron chi connectivity index (χ1n) is 7.30. The molecule has 110 valence electrons. The number of hydrogen-bond donors (Lipinski definition) is 2. The first kappa shape index (κ1) is 15.5. The molecule has 1 aliphatic carbocycles. The first-order chi connectivity index (χ1) is 9.49. The van der Waals surface area contributed by atoms with Crippen molar-refractivity contribution in [3.05, 3.63) is 34.3 Å². The van der Waals surface area contributed by atoms with Crippen molar-refractivity contribution in [2.24, 2.45) is 11.7 Å². The molecule has 2 unspecified atom stereocenters. The highest BCUT2D eigenvalue weighted by Gasteiger charge is 2.37. The van der Waals surface area contributed by atoms with E-state index in [0.717, 1.165) is 36.6 Å². The van der Waals surface area contributed by atoms with E-state index >= 15 is 0 Å². The summed E-state index contributed by atoms with van der Waals surface area (Å²) in [5.74, 6) is 0.0768. The molecule has 0 heterocycles. The van der Waals surface area contributed by atoms with Crippen molar-refractivity contribution in [1.82, 2.24) is 5.32 Å². The Labute approximate surface area is 129 Å². The minimum Gasteiger partial charge on any atom is -0.355 e. The number of rotatable bonds is 4. The molecule has 0 radical (unpaired) electrons. The summed E-state index contributed by atoms with van der Waals surface area (Å²) >= 11 is 3.42. The van der Waals surface area contributed by atoms with Gasteiger partial charge in [0.2, 0.25) is 5.91 Å². The van der Waals surface area contributed by atoms with Gasteiger partial charge in [0.15, 0.2) is 0 Å². The Morgan fingerprint density at radius 1 is 1.40 bits per heavy atom. The lowest BCUT2D eigenvalue weighted by molar-refractivity contribution is -0.128. The molecule has 1 aromatic carbocycles. The molecule has 0 spiro atoms. The van der Waals surface area contributed by atoms with Gasteiger partial charge < -0.3 is 11.1 Å². The Hall–Kier alpha value is -0.870. The summed E-state index contributed by atoms with van der Waals surface area (Å²) in [6.07, 6.45) is 4.95. The molecule has 2 rings (SSSR count). The van der Waals surface area contributed by atoms with Crippen LogP contribution in [0.25, 0.3) is 0 Å². The standard InChI is InChI=1S/C16H23BrN2O/c1-16(18)10-3-2-4-14(16)15(20)19-11-9-12-5-7-13(17)8-6-12/h5-8,14H,2-4,9-11,18H2,1H3,(H,19,20). The number of carbonyl (C=O) groups is 1. The van der Waals surface area contributed by atoms with Gasteiger partial charge in [0.05, 0.1) is 5.92 Å². The molecule has 3 nitrogen and oxygen atoms in total. The molecular weight excluding hydrogens is 316 g/mol. The van der Waals surface area contributed by atoms with Gasteiger partial charge in [-0.1, -0.05) is 40.9 Å². The molecule has 0 saturated heterocycles. The number of halogens is 1. The van der Waals surface area contributed by atoms with Gasteiger partial charge >= 0.3 is 0 Å². The second-order valence-electron chi connectivity index (χ2n) is 5.97. The van der Waals surface area contributed by atoms with Crippen LogP contribution in [0.3, 0.4) is 0 Å². The van der Waals surface area contributed by atoms with Crippen molar-refractivity contribution in [3.8, 4) is 0 Å². The average Bonchev–Trinajstić information content (AvgIpc) is 2.40. The van der Waals surface area contributed by atoms with Crippen LogP contribution in [0, 0.1) is 5.92 Å². The third-order valence-corrected chi connectivity index (χ3v) is 4.73. The summed E-state index contributed by atoms with van der Waals surface area (Å²) in [7, 11) is 0. The van der Waals surface area contributed by atoms with Crippen LogP contribution < -0.4 is 11.1 Å². The number of benzene rings is 1. The lowest BCUT2D eigenvalue weighted by atomic mass is 9.74. The molecule has 1 saturated carbocycles. The number of nitrogens with one attached hydrogen (secondary N) is 1. The van der Waals surface area contributed by atoms with Gasteiger partial charge in [-0.3, -0.25) is 4.79 Å². The summed E-state index contributed by atoms with van der Waals surface area (Å²) in [6, 6.07) is 8.19. The zero-order valence-corrected chi connectivity index (χ0v) is 13.6. The SMILES string of the molecule is CC1(N)CCCCC1C(=O)NCCc1ccc(Br)cc1. The maximum Gasteiger partial charge on any atom is 0.224 e. The van der Waals surface area contributed by atoms with E-state index in [0.29, 0.717) is 6.54 Å². The maximum absolute atomic E-state index is 12.3. The number of hydrogen-bond acceptors (Lipinski definition) is 2. The third-order valence-electron chi connectivity index (χ3n) is 4.20. The number of nitrogens with two attached hydrogens (primary N) is 1. The lowest BCUT2D eigenvalue weighted by Crippen LogP contribution is -2.53. The second kappa shape index (κ2) is 6.72. The molecule has 1 aromatic rings. The third kappa shape index (κ3) is 4.06. The van der Waals surface area contributed by atoms with Crippen molar-refractivity contribution >= 4 is 21.8 Å². The lowest BCUT2D eigenvalue weighted by Gasteiger charge is -2.37. The molecule has 1 aliphatic rings. The summed E-state index contributed by atoms with van der Waals surface area (Å²) in [6.45, 7) is 2.68. The zero-order valence-electron chi connectivity index (χ0n) is 12.0. The molecule has 20 heavy (non-hydrogen) atoms. The predicted molar refractivity (Wildman–Crippen MR) is 85.4 cm³/mol. The van der Waals surface area contributed by atoms with E-state index in [-0.39, 0.29) is 17.4 Å². The smallest absolute Gasteiger partial charge is 0.224 e. The summed E-state index contributed by atoms with van der Waals surface area (Å²) in [5.41, 5.74) is 7.14. The molecule has 0 aliphatic heterocycles. The summed E-state index contributed by atoms with van der Waals surface area (Å²) < 4.78 is 1.08. The van der Waals surface area contributed by atoms with E-state index in [1.807, 2.05) is 19.1 Å². The number of carbonyl (C=O) groups excluding carboxylic acids is 1. The highest BCUT2D eigenvalue weighted by molar-refractivity contribution is 9.10. The summed E-state index contributed by atoms with van der Waals surface area (Å²) in [5, 5.41) is 3.04. The monoisotopic (exact) mass is 338 g/mol. The second-order valence-corrected chi connectivity index (χ2v) is 6.89. The Kier molecular flexibility index (Phi) is 5.22. The quantitative estimate of drug-likeness (QED) is 0.886. The van der Waals surface area contributed by atoms with Crippen molar-refractivity contribution in [2.45, 2.75) is 44.6 Å². The summed E-state index contributed by atoms with van der Waals surface area (Å²) in [4.78, 5) is 12.3. The van der Waals surface area contributed by atoms with Crippen molar-refractivity contribution in [2.75, 3.05) is 6.54 Å². The molecule has 0 bridgehead atoms. The number of amides is 1. The highest BCUT2D eigenvalue weighted by Crippen LogP contribution is 2.31. The van der Waals surface area contributed by atoms with Crippen LogP contribution in [-0.4, -0.2) is 18.0 Å². The fourth-order valence-electron chi connectivity index (χ4n) is 2.89. The van der Waals surface area contributed by atoms with Crippen molar-refractivity contribution < 1.29 is 4.79 Å². The fraction of sp³-hybridized carbons (Fsp3) is 0.562. The largest absolute Gasteiger partial charge is 0.355 e. The van der Waals surface area contributed by atoms with Crippen LogP contribution in [0.1, 0.15) is 38.2 Å². The van der Waals surface area contributed by atoms with Crippen LogP contribution >= 0.6 is 15.9 Å². The average molecular weight is 339 g/mol. The van der Waals surface area contributed by atoms with Gasteiger partial charge in [-0.2, -0.15) is 0 Å². The van der Waals surface area contributed by atoms with E-state index in [2.05, 4.69) is 33.4 Å². The van der Waals surface area contributed by atoms with Crippen LogP contribution in [0.15, 0.2) is 28.7 Å². The van der Waals surface area contributed by atoms with Gasteiger partial charge in [-0.05, 0) is 43.9 Å². The maximum atomic E-state index is 12.3. The Balaban J connectivity index is 1.81. The zero-order chi connectivity index (χ0) is 14.6. The van der Waals surface area contributed by atoms with Crippen LogP contribution in [-0.2, 0) is 11.2 Å². The van der Waals surface area contributed by atoms with Crippen LogP contribution in [0.2, 0.25) is 0 Å². The van der Waals surface area contributed by atoms with E-state index < -0.39 is 0 Å². The van der Waals surface area contributed by atoms with Gasteiger partial charge in [-0.15, -0.1) is 0 Å². The van der Waals surface area contributed by atoms with Gasteiger partial charge in [0.1, 0.15) is 0 Å². The highest BCUT2D eigenvalue weighted by atomic mass is 79.9. The van der Waals surface area contributed by atoms with E-state index in [1.54, 1.807) is 0 Å². The molecule has 4 heteroatoms. The minimum atomic E-state index is -0.347. The predicted octanol–water partition coefficient (Wildman–Crippen LogP) is 3.02. The van der Waals surface area contributed by atoms with E-state index in [9.17, 15) is 4.79 Å².